The molecule has 1 aromatic heterocycles. The third kappa shape index (κ3) is 2.40. The predicted molar refractivity (Wildman–Crippen MR) is 86.1 cm³/mol. The molecule has 0 aliphatic rings. The van der Waals surface area contributed by atoms with Crippen LogP contribution in [0.2, 0.25) is 0 Å². The SMILES string of the molecule is COc1ccccc1-n1[nH]c(-c2ccccc2)c(Br)c1=O. The first kappa shape index (κ1) is 13.7. The maximum Gasteiger partial charge on any atom is 0.286 e. The third-order valence-electron chi connectivity index (χ3n) is 3.22. The Balaban J connectivity index is 2.20. The molecule has 0 aliphatic carbocycles. The van der Waals surface area contributed by atoms with E-state index in [1.54, 1.807) is 7.11 Å². The summed E-state index contributed by atoms with van der Waals surface area (Å²) in [5.74, 6) is 0.632. The van der Waals surface area contributed by atoms with Gasteiger partial charge in [-0.05, 0) is 28.1 Å². The first-order chi connectivity index (χ1) is 10.2. The Labute approximate surface area is 130 Å². The summed E-state index contributed by atoms with van der Waals surface area (Å²) in [5, 5.41) is 3.13. The van der Waals surface area contributed by atoms with Crippen molar-refractivity contribution in [3.8, 4) is 22.7 Å². The smallest absolute Gasteiger partial charge is 0.286 e. The Morgan fingerprint density at radius 2 is 1.71 bits per heavy atom. The van der Waals surface area contributed by atoms with Gasteiger partial charge in [-0.15, -0.1) is 0 Å². The van der Waals surface area contributed by atoms with E-state index >= 15 is 0 Å². The molecule has 5 heteroatoms. The van der Waals surface area contributed by atoms with Crippen LogP contribution in [0, 0.1) is 0 Å². The average Bonchev–Trinajstić information content (AvgIpc) is 2.84. The number of nitrogens with zero attached hydrogens (tertiary/aromatic N) is 1. The van der Waals surface area contributed by atoms with E-state index in [0.717, 1.165) is 11.3 Å². The van der Waals surface area contributed by atoms with Gasteiger partial charge in [-0.3, -0.25) is 9.89 Å². The van der Waals surface area contributed by atoms with Gasteiger partial charge in [-0.25, -0.2) is 4.68 Å². The fourth-order valence-electron chi connectivity index (χ4n) is 2.20. The zero-order chi connectivity index (χ0) is 14.8. The van der Waals surface area contributed by atoms with Gasteiger partial charge in [0.2, 0.25) is 0 Å². The van der Waals surface area contributed by atoms with Gasteiger partial charge in [0.25, 0.3) is 5.56 Å². The number of rotatable bonds is 3. The number of H-pyrrole nitrogens is 1. The topological polar surface area (TPSA) is 47.0 Å². The maximum atomic E-state index is 12.5. The molecule has 3 aromatic rings. The van der Waals surface area contributed by atoms with Crippen LogP contribution in [-0.4, -0.2) is 16.9 Å². The highest BCUT2D eigenvalue weighted by atomic mass is 79.9. The summed E-state index contributed by atoms with van der Waals surface area (Å²) in [6.07, 6.45) is 0. The summed E-state index contributed by atoms with van der Waals surface area (Å²) in [6.45, 7) is 0. The van der Waals surface area contributed by atoms with Crippen molar-refractivity contribution in [2.75, 3.05) is 7.11 Å². The molecule has 4 nitrogen and oxygen atoms in total. The molecule has 0 saturated carbocycles. The second-order valence-electron chi connectivity index (χ2n) is 4.48. The van der Waals surface area contributed by atoms with Gasteiger partial charge in [0, 0.05) is 5.56 Å². The van der Waals surface area contributed by atoms with E-state index in [0.29, 0.717) is 15.9 Å². The molecule has 0 amide bonds. The Kier molecular flexibility index (Phi) is 3.66. The summed E-state index contributed by atoms with van der Waals surface area (Å²) >= 11 is 3.38. The van der Waals surface area contributed by atoms with E-state index in [1.165, 1.54) is 4.68 Å². The van der Waals surface area contributed by atoms with E-state index in [2.05, 4.69) is 21.0 Å². The van der Waals surface area contributed by atoms with Crippen LogP contribution in [0.3, 0.4) is 0 Å². The average molecular weight is 345 g/mol. The van der Waals surface area contributed by atoms with E-state index in [1.807, 2.05) is 54.6 Å². The molecule has 1 heterocycles. The van der Waals surface area contributed by atoms with Gasteiger partial charge in [0.05, 0.1) is 12.8 Å². The molecule has 21 heavy (non-hydrogen) atoms. The molecule has 106 valence electrons. The molecule has 0 unspecified atom stereocenters. The molecule has 0 fully saturated rings. The molecule has 2 aromatic carbocycles. The molecular weight excluding hydrogens is 332 g/mol. The lowest BCUT2D eigenvalue weighted by molar-refractivity contribution is 0.411. The highest BCUT2D eigenvalue weighted by Crippen LogP contribution is 2.26. The number of benzene rings is 2. The molecule has 0 bridgehead atoms. The first-order valence-corrected chi connectivity index (χ1v) is 7.21. The van der Waals surface area contributed by atoms with Crippen molar-refractivity contribution < 1.29 is 4.74 Å². The fraction of sp³-hybridized carbons (Fsp3) is 0.0625. The summed E-state index contributed by atoms with van der Waals surface area (Å²) in [5.41, 5.74) is 2.20. The third-order valence-corrected chi connectivity index (χ3v) is 3.96. The van der Waals surface area contributed by atoms with Crippen molar-refractivity contribution in [3.63, 3.8) is 0 Å². The number of methoxy groups -OCH3 is 1. The molecule has 0 radical (unpaired) electrons. The van der Waals surface area contributed by atoms with Crippen LogP contribution in [0.4, 0.5) is 0 Å². The van der Waals surface area contributed by atoms with E-state index in [-0.39, 0.29) is 5.56 Å². The van der Waals surface area contributed by atoms with Gasteiger partial charge in [-0.1, -0.05) is 42.5 Å². The van der Waals surface area contributed by atoms with E-state index in [4.69, 9.17) is 4.74 Å². The van der Waals surface area contributed by atoms with Crippen molar-refractivity contribution in [3.05, 3.63) is 69.4 Å². The normalized spacial score (nSPS) is 10.6. The molecule has 3 rings (SSSR count). The van der Waals surface area contributed by atoms with Gasteiger partial charge in [0.15, 0.2) is 0 Å². The number of ether oxygens (including phenoxy) is 1. The lowest BCUT2D eigenvalue weighted by Gasteiger charge is -2.07. The van der Waals surface area contributed by atoms with Crippen LogP contribution in [0.15, 0.2) is 63.9 Å². The number of hydrogen-bond acceptors (Lipinski definition) is 2. The highest BCUT2D eigenvalue weighted by molar-refractivity contribution is 9.10. The molecule has 0 aliphatic heterocycles. The monoisotopic (exact) mass is 344 g/mol. The van der Waals surface area contributed by atoms with Gasteiger partial charge >= 0.3 is 0 Å². The van der Waals surface area contributed by atoms with E-state index in [9.17, 15) is 4.79 Å². The molecule has 0 atom stereocenters. The van der Waals surface area contributed by atoms with Crippen LogP contribution < -0.4 is 10.3 Å². The van der Waals surface area contributed by atoms with Crippen molar-refractivity contribution in [2.45, 2.75) is 0 Å². The van der Waals surface area contributed by atoms with Crippen molar-refractivity contribution in [1.82, 2.24) is 9.78 Å². The Morgan fingerprint density at radius 1 is 1.05 bits per heavy atom. The lowest BCUT2D eigenvalue weighted by Crippen LogP contribution is -2.15. The number of aromatic nitrogens is 2. The number of hydrogen-bond donors (Lipinski definition) is 1. The second-order valence-corrected chi connectivity index (χ2v) is 5.27. The summed E-state index contributed by atoms with van der Waals surface area (Å²) in [7, 11) is 1.58. The van der Waals surface area contributed by atoms with Gasteiger partial charge < -0.3 is 4.74 Å². The molecule has 0 saturated heterocycles. The standard InChI is InChI=1S/C16H13BrN2O2/c1-21-13-10-6-5-9-12(13)19-16(20)14(17)15(18-19)11-7-3-2-4-8-11/h2-10,18H,1H3. The Morgan fingerprint density at radius 3 is 2.43 bits per heavy atom. The number of nitrogens with one attached hydrogen (secondary N) is 1. The predicted octanol–water partition coefficient (Wildman–Crippen LogP) is 3.60. The van der Waals surface area contributed by atoms with Crippen molar-refractivity contribution >= 4 is 15.9 Å². The quantitative estimate of drug-likeness (QED) is 0.788. The van der Waals surface area contributed by atoms with Crippen LogP contribution in [0.1, 0.15) is 0 Å². The van der Waals surface area contributed by atoms with Crippen LogP contribution in [0.5, 0.6) is 5.75 Å². The second kappa shape index (κ2) is 5.61. The number of para-hydroxylation sites is 2. The number of aromatic amines is 1. The molecule has 0 spiro atoms. The summed E-state index contributed by atoms with van der Waals surface area (Å²) < 4.78 is 7.29. The zero-order valence-corrected chi connectivity index (χ0v) is 12.9. The maximum absolute atomic E-state index is 12.5. The fourth-order valence-corrected chi connectivity index (χ4v) is 2.69. The van der Waals surface area contributed by atoms with Crippen LogP contribution >= 0.6 is 15.9 Å². The minimum absolute atomic E-state index is 0.154. The highest BCUT2D eigenvalue weighted by Gasteiger charge is 2.16. The lowest BCUT2D eigenvalue weighted by atomic mass is 10.2. The van der Waals surface area contributed by atoms with Crippen LogP contribution in [-0.2, 0) is 0 Å². The summed E-state index contributed by atoms with van der Waals surface area (Å²) in [6, 6.07) is 17.1. The van der Waals surface area contributed by atoms with E-state index < -0.39 is 0 Å². The Hall–Kier alpha value is -2.27. The number of halogens is 1. The minimum atomic E-state index is -0.154. The molecule has 1 N–H and O–H groups in total. The van der Waals surface area contributed by atoms with Crippen molar-refractivity contribution in [2.24, 2.45) is 0 Å². The first-order valence-electron chi connectivity index (χ1n) is 6.41. The Bertz CT molecular complexity index is 822. The van der Waals surface area contributed by atoms with Gasteiger partial charge in [0.1, 0.15) is 15.9 Å². The van der Waals surface area contributed by atoms with Crippen molar-refractivity contribution in [1.29, 1.82) is 0 Å². The largest absolute Gasteiger partial charge is 0.494 e. The minimum Gasteiger partial charge on any atom is -0.494 e. The van der Waals surface area contributed by atoms with Gasteiger partial charge in [-0.2, -0.15) is 0 Å². The molecular formula is C16H13BrN2O2. The summed E-state index contributed by atoms with van der Waals surface area (Å²) in [4.78, 5) is 12.5. The van der Waals surface area contributed by atoms with Crippen LogP contribution in [0.25, 0.3) is 16.9 Å². The zero-order valence-electron chi connectivity index (χ0n) is 11.3.